The van der Waals surface area contributed by atoms with Crippen LogP contribution in [0.4, 0.5) is 4.39 Å². The smallest absolute Gasteiger partial charge is 0.110 e. The van der Waals surface area contributed by atoms with Gasteiger partial charge < -0.3 is 0 Å². The molecule has 0 heterocycles. The second kappa shape index (κ2) is 1.26. The van der Waals surface area contributed by atoms with E-state index in [4.69, 9.17) is 0 Å². The van der Waals surface area contributed by atoms with Crippen LogP contribution < -0.4 is 0 Å². The Morgan fingerprint density at radius 2 is 1.75 bits per heavy atom. The molecule has 0 aromatic heterocycles. The summed E-state index contributed by atoms with van der Waals surface area (Å²) in [6, 6.07) is 0. The average Bonchev–Trinajstić information content (AvgIpc) is 2.16. The van der Waals surface area contributed by atoms with Gasteiger partial charge in [-0.05, 0) is 26.7 Å². The number of hydrogen-bond donors (Lipinski definition) is 0. The third-order valence-corrected chi connectivity index (χ3v) is 2.44. The van der Waals surface area contributed by atoms with E-state index >= 15 is 0 Å². The van der Waals surface area contributed by atoms with Crippen LogP contribution in [0.15, 0.2) is 0 Å². The van der Waals surface area contributed by atoms with Gasteiger partial charge in [0, 0.05) is 5.41 Å². The van der Waals surface area contributed by atoms with Crippen LogP contribution in [0.25, 0.3) is 0 Å². The molecule has 1 aliphatic rings. The maximum atomic E-state index is 13.0. The normalized spacial score (nSPS) is 25.5. The molecule has 0 saturated heterocycles. The van der Waals surface area contributed by atoms with Gasteiger partial charge in [-0.2, -0.15) is 0 Å². The molecule has 0 bridgehead atoms. The number of hydrogen-bond acceptors (Lipinski definition) is 0. The predicted octanol–water partition coefficient (Wildman–Crippen LogP) is 2.53. The fourth-order valence-corrected chi connectivity index (χ4v) is 0.782. The lowest BCUT2D eigenvalue weighted by Gasteiger charge is -2.21. The van der Waals surface area contributed by atoms with Crippen LogP contribution in [0.1, 0.15) is 33.6 Å². The van der Waals surface area contributed by atoms with Gasteiger partial charge in [-0.15, -0.1) is 0 Å². The van der Waals surface area contributed by atoms with Gasteiger partial charge in [0.1, 0.15) is 5.67 Å². The Labute approximate surface area is 50.1 Å². The monoisotopic (exact) mass is 116 g/mol. The van der Waals surface area contributed by atoms with Crippen LogP contribution in [0.3, 0.4) is 0 Å². The standard InChI is InChI=1S/C7H13F/c1-6(2,8)7(3)4-5-7/h4-5H2,1-3H3. The van der Waals surface area contributed by atoms with Crippen LogP contribution in [-0.2, 0) is 0 Å². The fourth-order valence-electron chi connectivity index (χ4n) is 0.782. The molecule has 48 valence electrons. The minimum absolute atomic E-state index is 0.0208. The molecule has 0 aromatic carbocycles. The van der Waals surface area contributed by atoms with Gasteiger partial charge in [0.2, 0.25) is 0 Å². The van der Waals surface area contributed by atoms with Crippen LogP contribution in [0, 0.1) is 5.41 Å². The van der Waals surface area contributed by atoms with E-state index in [9.17, 15) is 4.39 Å². The molecule has 0 amide bonds. The number of rotatable bonds is 1. The van der Waals surface area contributed by atoms with Gasteiger partial charge in [-0.1, -0.05) is 6.92 Å². The van der Waals surface area contributed by atoms with Crippen molar-refractivity contribution >= 4 is 0 Å². The van der Waals surface area contributed by atoms with Crippen LogP contribution in [-0.4, -0.2) is 5.67 Å². The van der Waals surface area contributed by atoms with E-state index in [0.717, 1.165) is 12.8 Å². The van der Waals surface area contributed by atoms with Crippen molar-refractivity contribution in [3.8, 4) is 0 Å². The first-order valence-electron chi connectivity index (χ1n) is 3.15. The van der Waals surface area contributed by atoms with E-state index in [-0.39, 0.29) is 5.41 Å². The highest BCUT2D eigenvalue weighted by Crippen LogP contribution is 2.54. The molecule has 0 nitrogen and oxygen atoms in total. The molecule has 0 atom stereocenters. The molecule has 1 rings (SSSR count). The van der Waals surface area contributed by atoms with Gasteiger partial charge in [0.15, 0.2) is 0 Å². The molecule has 0 spiro atoms. The molecule has 0 aliphatic heterocycles. The summed E-state index contributed by atoms with van der Waals surface area (Å²) in [4.78, 5) is 0. The Hall–Kier alpha value is -0.0700. The third-order valence-electron chi connectivity index (χ3n) is 2.44. The first-order valence-corrected chi connectivity index (χ1v) is 3.15. The zero-order valence-corrected chi connectivity index (χ0v) is 5.79. The summed E-state index contributed by atoms with van der Waals surface area (Å²) in [6.07, 6.45) is 2.13. The van der Waals surface area contributed by atoms with Gasteiger partial charge in [-0.3, -0.25) is 0 Å². The zero-order chi connectivity index (χ0) is 6.41. The Morgan fingerprint density at radius 3 is 1.75 bits per heavy atom. The van der Waals surface area contributed by atoms with Crippen LogP contribution >= 0.6 is 0 Å². The second-order valence-electron chi connectivity index (χ2n) is 3.53. The Balaban J connectivity index is 2.58. The van der Waals surface area contributed by atoms with E-state index < -0.39 is 5.67 Å². The fraction of sp³-hybridized carbons (Fsp3) is 1.00. The van der Waals surface area contributed by atoms with Crippen molar-refractivity contribution in [2.24, 2.45) is 5.41 Å². The Kier molecular flexibility index (Phi) is 0.951. The van der Waals surface area contributed by atoms with Crippen molar-refractivity contribution in [1.29, 1.82) is 0 Å². The first kappa shape index (κ1) is 6.06. The minimum atomic E-state index is -0.951. The average molecular weight is 116 g/mol. The third kappa shape index (κ3) is 0.743. The van der Waals surface area contributed by atoms with Gasteiger partial charge in [0.05, 0.1) is 0 Å². The Morgan fingerprint density at radius 1 is 1.38 bits per heavy atom. The van der Waals surface area contributed by atoms with Gasteiger partial charge >= 0.3 is 0 Å². The largest absolute Gasteiger partial charge is 0.244 e. The van der Waals surface area contributed by atoms with E-state index in [0.29, 0.717) is 0 Å². The van der Waals surface area contributed by atoms with E-state index in [2.05, 4.69) is 0 Å². The van der Waals surface area contributed by atoms with E-state index in [1.54, 1.807) is 13.8 Å². The van der Waals surface area contributed by atoms with Crippen molar-refractivity contribution in [3.63, 3.8) is 0 Å². The predicted molar refractivity (Wildman–Crippen MR) is 32.5 cm³/mol. The van der Waals surface area contributed by atoms with E-state index in [1.807, 2.05) is 6.92 Å². The molecule has 1 heteroatoms. The minimum Gasteiger partial charge on any atom is -0.244 e. The molecule has 1 aliphatic carbocycles. The SMILES string of the molecule is CC(C)(F)C1(C)CC1. The molecule has 0 N–H and O–H groups in total. The summed E-state index contributed by atoms with van der Waals surface area (Å²) < 4.78 is 13.0. The highest BCUT2D eigenvalue weighted by atomic mass is 19.1. The van der Waals surface area contributed by atoms with Crippen molar-refractivity contribution in [3.05, 3.63) is 0 Å². The van der Waals surface area contributed by atoms with Crippen molar-refractivity contribution in [2.75, 3.05) is 0 Å². The first-order chi connectivity index (χ1) is 3.46. The van der Waals surface area contributed by atoms with Gasteiger partial charge in [-0.25, -0.2) is 4.39 Å². The Bertz CT molecular complexity index is 92.2. The number of halogens is 1. The highest BCUT2D eigenvalue weighted by Gasteiger charge is 2.50. The van der Waals surface area contributed by atoms with Crippen molar-refractivity contribution in [1.82, 2.24) is 0 Å². The van der Waals surface area contributed by atoms with E-state index in [1.165, 1.54) is 0 Å². The summed E-state index contributed by atoms with van der Waals surface area (Å²) in [5, 5.41) is 0. The molecule has 1 saturated carbocycles. The molecule has 1 fully saturated rings. The van der Waals surface area contributed by atoms with Gasteiger partial charge in [0.25, 0.3) is 0 Å². The van der Waals surface area contributed by atoms with Crippen LogP contribution in [0.5, 0.6) is 0 Å². The lowest BCUT2D eigenvalue weighted by Crippen LogP contribution is -2.24. The topological polar surface area (TPSA) is 0 Å². The lowest BCUT2D eigenvalue weighted by molar-refractivity contribution is 0.119. The van der Waals surface area contributed by atoms with Crippen LogP contribution in [0.2, 0.25) is 0 Å². The molecule has 0 radical (unpaired) electrons. The number of alkyl halides is 1. The maximum Gasteiger partial charge on any atom is 0.110 e. The van der Waals surface area contributed by atoms with Crippen molar-refractivity contribution in [2.45, 2.75) is 39.3 Å². The summed E-state index contributed by atoms with van der Waals surface area (Å²) >= 11 is 0. The molecule has 0 unspecified atom stereocenters. The summed E-state index contributed by atoms with van der Waals surface area (Å²) in [5.74, 6) is 0. The molecule has 8 heavy (non-hydrogen) atoms. The summed E-state index contributed by atoms with van der Waals surface area (Å²) in [5.41, 5.74) is -0.931. The van der Waals surface area contributed by atoms with Crippen molar-refractivity contribution < 1.29 is 4.39 Å². The quantitative estimate of drug-likeness (QED) is 0.494. The molecular weight excluding hydrogens is 103 g/mol. The lowest BCUT2D eigenvalue weighted by atomic mass is 9.92. The maximum absolute atomic E-state index is 13.0. The molecule has 0 aromatic rings. The summed E-state index contributed by atoms with van der Waals surface area (Å²) in [7, 11) is 0. The summed E-state index contributed by atoms with van der Waals surface area (Å²) in [6.45, 7) is 5.34. The zero-order valence-electron chi connectivity index (χ0n) is 5.79. The molecular formula is C7H13F. The second-order valence-corrected chi connectivity index (χ2v) is 3.53. The highest BCUT2D eigenvalue weighted by molar-refractivity contribution is 5.00.